The number of carbonyl (C=O) groups is 1. The predicted octanol–water partition coefficient (Wildman–Crippen LogP) is 3.38. The van der Waals surface area contributed by atoms with Gasteiger partial charge < -0.3 is 5.32 Å². The van der Waals surface area contributed by atoms with Gasteiger partial charge in [0, 0.05) is 0 Å². The summed E-state index contributed by atoms with van der Waals surface area (Å²) in [6, 6.07) is 15.5. The Bertz CT molecular complexity index is 836. The van der Waals surface area contributed by atoms with E-state index in [-0.39, 0.29) is 23.5 Å². The molecule has 0 aliphatic carbocycles. The molecule has 0 radical (unpaired) electrons. The molecule has 0 saturated carbocycles. The quantitative estimate of drug-likeness (QED) is 0.688. The average molecular weight is 356 g/mol. The summed E-state index contributed by atoms with van der Waals surface area (Å²) < 4.78 is 14.6. The molecule has 7 heteroatoms. The van der Waals surface area contributed by atoms with Crippen molar-refractivity contribution in [3.05, 3.63) is 72.3 Å². The highest BCUT2D eigenvalue weighted by molar-refractivity contribution is 7.99. The fourth-order valence-electron chi connectivity index (χ4n) is 2.27. The van der Waals surface area contributed by atoms with Gasteiger partial charge in [-0.3, -0.25) is 4.79 Å². The Labute approximate surface area is 149 Å². The minimum Gasteiger partial charge on any atom is -0.349 e. The fourth-order valence-corrected chi connectivity index (χ4v) is 2.88. The van der Waals surface area contributed by atoms with E-state index >= 15 is 0 Å². The Balaban J connectivity index is 1.52. The number of hydrogen-bond acceptors (Lipinski definition) is 4. The molecule has 1 heterocycles. The van der Waals surface area contributed by atoms with Crippen molar-refractivity contribution in [2.45, 2.75) is 18.1 Å². The second-order valence-electron chi connectivity index (χ2n) is 5.44. The van der Waals surface area contributed by atoms with Crippen LogP contribution in [0.1, 0.15) is 18.5 Å². The summed E-state index contributed by atoms with van der Waals surface area (Å²) in [7, 11) is 0. The smallest absolute Gasteiger partial charge is 0.230 e. The molecule has 1 amide bonds. The third-order valence-electron chi connectivity index (χ3n) is 3.57. The zero-order chi connectivity index (χ0) is 17.6. The molecular formula is C18H17FN4OS. The summed E-state index contributed by atoms with van der Waals surface area (Å²) in [6.45, 7) is 1.86. The largest absolute Gasteiger partial charge is 0.349 e. The van der Waals surface area contributed by atoms with Crippen molar-refractivity contribution in [1.82, 2.24) is 20.1 Å². The second kappa shape index (κ2) is 7.94. The number of rotatable bonds is 6. The maximum absolute atomic E-state index is 12.9. The molecule has 0 fully saturated rings. The van der Waals surface area contributed by atoms with Crippen LogP contribution in [-0.4, -0.2) is 26.4 Å². The number of para-hydroxylation sites is 1. The molecule has 0 saturated heterocycles. The Morgan fingerprint density at radius 2 is 1.92 bits per heavy atom. The van der Waals surface area contributed by atoms with E-state index < -0.39 is 0 Å². The number of carbonyl (C=O) groups excluding carboxylic acids is 1. The number of benzene rings is 2. The highest BCUT2D eigenvalue weighted by Crippen LogP contribution is 2.16. The Kier molecular flexibility index (Phi) is 5.45. The maximum atomic E-state index is 12.9. The lowest BCUT2D eigenvalue weighted by atomic mass is 10.1. The zero-order valence-corrected chi connectivity index (χ0v) is 14.4. The van der Waals surface area contributed by atoms with Gasteiger partial charge >= 0.3 is 0 Å². The van der Waals surface area contributed by atoms with Gasteiger partial charge in [-0.2, -0.15) is 0 Å². The van der Waals surface area contributed by atoms with Crippen LogP contribution in [0.25, 0.3) is 5.69 Å². The Hall–Kier alpha value is -2.67. The van der Waals surface area contributed by atoms with E-state index in [9.17, 15) is 9.18 Å². The molecule has 25 heavy (non-hydrogen) atoms. The topological polar surface area (TPSA) is 59.8 Å². The lowest BCUT2D eigenvalue weighted by molar-refractivity contribution is -0.119. The molecule has 1 aromatic heterocycles. The number of amides is 1. The molecule has 1 unspecified atom stereocenters. The van der Waals surface area contributed by atoms with Crippen LogP contribution in [0, 0.1) is 5.82 Å². The van der Waals surface area contributed by atoms with E-state index in [0.717, 1.165) is 11.3 Å². The average Bonchev–Trinajstić information content (AvgIpc) is 3.10. The summed E-state index contributed by atoms with van der Waals surface area (Å²) in [5.41, 5.74) is 1.77. The molecule has 3 rings (SSSR count). The lowest BCUT2D eigenvalue weighted by Crippen LogP contribution is -2.28. The van der Waals surface area contributed by atoms with Crippen molar-refractivity contribution < 1.29 is 9.18 Å². The van der Waals surface area contributed by atoms with Gasteiger partial charge in [0.15, 0.2) is 0 Å². The van der Waals surface area contributed by atoms with Gasteiger partial charge in [0.25, 0.3) is 0 Å². The number of halogens is 1. The normalized spacial score (nSPS) is 11.9. The number of thioether (sulfide) groups is 1. The first-order valence-electron chi connectivity index (χ1n) is 7.76. The summed E-state index contributed by atoms with van der Waals surface area (Å²) in [5, 5.41) is 7.76. The van der Waals surface area contributed by atoms with Crippen molar-refractivity contribution >= 4 is 17.7 Å². The minimum atomic E-state index is -0.294. The molecule has 5 nitrogen and oxygen atoms in total. The van der Waals surface area contributed by atoms with E-state index in [1.807, 2.05) is 37.3 Å². The molecule has 0 aliphatic heterocycles. The van der Waals surface area contributed by atoms with Crippen LogP contribution < -0.4 is 5.32 Å². The molecular weight excluding hydrogens is 339 g/mol. The summed E-state index contributed by atoms with van der Waals surface area (Å²) in [4.78, 5) is 16.3. The first kappa shape index (κ1) is 17.2. The van der Waals surface area contributed by atoms with E-state index in [1.54, 1.807) is 23.1 Å². The number of nitrogens with zero attached hydrogens (tertiary/aromatic N) is 3. The summed E-state index contributed by atoms with van der Waals surface area (Å²) in [5.74, 6) is -0.208. The number of aromatic nitrogens is 3. The van der Waals surface area contributed by atoms with Crippen molar-refractivity contribution in [1.29, 1.82) is 0 Å². The van der Waals surface area contributed by atoms with Gasteiger partial charge in [-0.15, -0.1) is 5.10 Å². The van der Waals surface area contributed by atoms with Crippen molar-refractivity contribution in [3.8, 4) is 5.69 Å². The molecule has 3 aromatic rings. The first-order valence-corrected chi connectivity index (χ1v) is 8.75. The monoisotopic (exact) mass is 356 g/mol. The summed E-state index contributed by atoms with van der Waals surface area (Å²) in [6.07, 6.45) is 1.62. The highest BCUT2D eigenvalue weighted by Gasteiger charge is 2.11. The van der Waals surface area contributed by atoms with Crippen LogP contribution in [-0.2, 0) is 4.79 Å². The summed E-state index contributed by atoms with van der Waals surface area (Å²) >= 11 is 1.27. The first-order chi connectivity index (χ1) is 12.1. The van der Waals surface area contributed by atoms with E-state index in [4.69, 9.17) is 0 Å². The highest BCUT2D eigenvalue weighted by atomic mass is 32.2. The molecule has 2 aromatic carbocycles. The Morgan fingerprint density at radius 1 is 1.20 bits per heavy atom. The zero-order valence-electron chi connectivity index (χ0n) is 13.6. The van der Waals surface area contributed by atoms with Crippen LogP contribution in [0.15, 0.2) is 66.1 Å². The molecule has 1 atom stereocenters. The second-order valence-corrected chi connectivity index (χ2v) is 6.38. The van der Waals surface area contributed by atoms with Crippen molar-refractivity contribution in [3.63, 3.8) is 0 Å². The third-order valence-corrected chi connectivity index (χ3v) is 4.42. The van der Waals surface area contributed by atoms with Gasteiger partial charge in [-0.05, 0) is 36.8 Å². The standard InChI is InChI=1S/C18H17FN4OS/c1-13(14-7-9-15(19)10-8-14)21-17(24)11-25-18-20-12-23(22-18)16-5-3-2-4-6-16/h2-10,12-13H,11H2,1H3,(H,21,24). The molecule has 0 spiro atoms. The van der Waals surface area contributed by atoms with Crippen LogP contribution in [0.5, 0.6) is 0 Å². The molecule has 0 aliphatic rings. The predicted molar refractivity (Wildman–Crippen MR) is 95.0 cm³/mol. The molecule has 128 valence electrons. The van der Waals surface area contributed by atoms with Gasteiger partial charge in [0.05, 0.1) is 17.5 Å². The van der Waals surface area contributed by atoms with Gasteiger partial charge in [0.2, 0.25) is 11.1 Å². The molecule has 1 N–H and O–H groups in total. The SMILES string of the molecule is CC(NC(=O)CSc1ncn(-c2ccccc2)n1)c1ccc(F)cc1. The van der Waals surface area contributed by atoms with Crippen LogP contribution in [0.4, 0.5) is 4.39 Å². The third kappa shape index (κ3) is 4.67. The van der Waals surface area contributed by atoms with Gasteiger partial charge in [-0.25, -0.2) is 14.1 Å². The van der Waals surface area contributed by atoms with Gasteiger partial charge in [0.1, 0.15) is 12.1 Å². The van der Waals surface area contributed by atoms with Crippen LogP contribution in [0.3, 0.4) is 0 Å². The molecule has 0 bridgehead atoms. The van der Waals surface area contributed by atoms with Crippen LogP contribution >= 0.6 is 11.8 Å². The minimum absolute atomic E-state index is 0.127. The fraction of sp³-hybridized carbons (Fsp3) is 0.167. The van der Waals surface area contributed by atoms with E-state index in [1.165, 1.54) is 23.9 Å². The van der Waals surface area contributed by atoms with Crippen LogP contribution in [0.2, 0.25) is 0 Å². The van der Waals surface area contributed by atoms with Gasteiger partial charge in [-0.1, -0.05) is 42.1 Å². The van der Waals surface area contributed by atoms with E-state index in [2.05, 4.69) is 15.4 Å². The van der Waals surface area contributed by atoms with Crippen molar-refractivity contribution in [2.24, 2.45) is 0 Å². The number of nitrogens with one attached hydrogen (secondary N) is 1. The van der Waals surface area contributed by atoms with Crippen molar-refractivity contribution in [2.75, 3.05) is 5.75 Å². The maximum Gasteiger partial charge on any atom is 0.230 e. The van der Waals surface area contributed by atoms with E-state index in [0.29, 0.717) is 5.16 Å². The number of hydrogen-bond donors (Lipinski definition) is 1. The lowest BCUT2D eigenvalue weighted by Gasteiger charge is -2.13. The Morgan fingerprint density at radius 3 is 2.64 bits per heavy atom.